The molecule has 3 rings (SSSR count). The molecule has 1 unspecified atom stereocenters. The lowest BCUT2D eigenvalue weighted by Crippen LogP contribution is -2.33. The van der Waals surface area contributed by atoms with E-state index in [1.807, 2.05) is 0 Å². The SMILES string of the molecule is COc1cc(/C=C/C2=CC(/C=C/c3ccc(O)c(OC)c3)OC(F)(F)O2)ccc1O. The Hall–Kier alpha value is -3.52. The smallest absolute Gasteiger partial charge is 0.504 e. The van der Waals surface area contributed by atoms with Crippen LogP contribution in [0, 0.1) is 0 Å². The topological polar surface area (TPSA) is 77.4 Å². The van der Waals surface area contributed by atoms with Crippen LogP contribution < -0.4 is 9.47 Å². The van der Waals surface area contributed by atoms with Crippen molar-refractivity contribution in [1.29, 1.82) is 0 Å². The third kappa shape index (κ3) is 5.30. The van der Waals surface area contributed by atoms with Crippen LogP contribution in [0.5, 0.6) is 23.0 Å². The summed E-state index contributed by atoms with van der Waals surface area (Å²) >= 11 is 0. The molecule has 1 aliphatic heterocycles. The molecule has 2 aromatic rings. The van der Waals surface area contributed by atoms with E-state index in [9.17, 15) is 19.0 Å². The number of methoxy groups -OCH3 is 2. The molecule has 8 heteroatoms. The summed E-state index contributed by atoms with van der Waals surface area (Å²) in [4.78, 5) is 0. The van der Waals surface area contributed by atoms with Crippen LogP contribution in [0.3, 0.4) is 0 Å². The number of aromatic hydroxyl groups is 2. The van der Waals surface area contributed by atoms with Crippen LogP contribution in [0.25, 0.3) is 12.2 Å². The Bertz CT molecular complexity index is 997. The molecule has 2 aromatic carbocycles. The van der Waals surface area contributed by atoms with Crippen molar-refractivity contribution in [2.45, 2.75) is 12.4 Å². The summed E-state index contributed by atoms with van der Waals surface area (Å²) < 4.78 is 46.9. The predicted molar refractivity (Wildman–Crippen MR) is 106 cm³/mol. The molecule has 0 bridgehead atoms. The van der Waals surface area contributed by atoms with E-state index < -0.39 is 12.4 Å². The van der Waals surface area contributed by atoms with Gasteiger partial charge in [0.1, 0.15) is 11.9 Å². The quantitative estimate of drug-likeness (QED) is 0.709. The predicted octanol–water partition coefficient (Wildman–Crippen LogP) is 4.69. The maximum absolute atomic E-state index is 13.8. The van der Waals surface area contributed by atoms with Gasteiger partial charge in [0.05, 0.1) is 14.2 Å². The normalized spacial score (nSPS) is 18.3. The van der Waals surface area contributed by atoms with Crippen molar-refractivity contribution < 1.29 is 37.9 Å². The first-order chi connectivity index (χ1) is 14.3. The number of hydrogen-bond donors (Lipinski definition) is 2. The first-order valence-corrected chi connectivity index (χ1v) is 8.86. The summed E-state index contributed by atoms with van der Waals surface area (Å²) in [6, 6.07) is 9.19. The zero-order valence-corrected chi connectivity index (χ0v) is 16.2. The van der Waals surface area contributed by atoms with Gasteiger partial charge in [-0.1, -0.05) is 30.4 Å². The van der Waals surface area contributed by atoms with Crippen molar-refractivity contribution in [1.82, 2.24) is 0 Å². The zero-order chi connectivity index (χ0) is 21.7. The third-order valence-corrected chi connectivity index (χ3v) is 4.16. The number of phenols is 2. The number of halogens is 2. The van der Waals surface area contributed by atoms with E-state index in [0.29, 0.717) is 11.1 Å². The Morgan fingerprint density at radius 2 is 1.47 bits per heavy atom. The van der Waals surface area contributed by atoms with Gasteiger partial charge in [-0.2, -0.15) is 0 Å². The molecule has 0 saturated heterocycles. The van der Waals surface area contributed by atoms with Crippen LogP contribution in [0.2, 0.25) is 0 Å². The van der Waals surface area contributed by atoms with Gasteiger partial charge >= 0.3 is 6.29 Å². The number of hydrogen-bond acceptors (Lipinski definition) is 6. The van der Waals surface area contributed by atoms with E-state index >= 15 is 0 Å². The largest absolute Gasteiger partial charge is 0.536 e. The Morgan fingerprint density at radius 1 is 0.900 bits per heavy atom. The number of allylic oxidation sites excluding steroid dienone is 1. The maximum atomic E-state index is 13.8. The molecule has 1 atom stereocenters. The molecule has 0 fully saturated rings. The van der Waals surface area contributed by atoms with Gasteiger partial charge in [0.2, 0.25) is 0 Å². The summed E-state index contributed by atoms with van der Waals surface area (Å²) in [6.45, 7) is 0. The Morgan fingerprint density at radius 3 is 2.03 bits per heavy atom. The molecule has 0 radical (unpaired) electrons. The molecule has 30 heavy (non-hydrogen) atoms. The summed E-state index contributed by atoms with van der Waals surface area (Å²) in [6.07, 6.45) is 2.44. The molecule has 1 aliphatic rings. The number of ether oxygens (including phenoxy) is 4. The van der Waals surface area contributed by atoms with Crippen LogP contribution in [0.15, 0.2) is 60.4 Å². The summed E-state index contributed by atoms with van der Waals surface area (Å²) in [7, 11) is 2.82. The van der Waals surface area contributed by atoms with Gasteiger partial charge in [0, 0.05) is 0 Å². The average molecular weight is 418 g/mol. The van der Waals surface area contributed by atoms with Gasteiger partial charge in [-0.3, -0.25) is 4.74 Å². The zero-order valence-electron chi connectivity index (χ0n) is 16.2. The number of benzene rings is 2. The first-order valence-electron chi connectivity index (χ1n) is 8.86. The Balaban J connectivity index is 1.80. The second-order valence-corrected chi connectivity index (χ2v) is 6.27. The minimum absolute atomic E-state index is 0.0262. The number of alkyl halides is 2. The van der Waals surface area contributed by atoms with Crippen molar-refractivity contribution in [3.05, 3.63) is 71.5 Å². The highest BCUT2D eigenvalue weighted by Crippen LogP contribution is 2.32. The molecule has 0 aromatic heterocycles. The molecule has 0 amide bonds. The minimum atomic E-state index is -3.80. The molecule has 158 valence electrons. The molecule has 1 heterocycles. The highest BCUT2D eigenvalue weighted by Gasteiger charge is 2.40. The highest BCUT2D eigenvalue weighted by molar-refractivity contribution is 5.58. The van der Waals surface area contributed by atoms with Crippen LogP contribution in [0.4, 0.5) is 8.78 Å². The van der Waals surface area contributed by atoms with E-state index in [1.54, 1.807) is 36.4 Å². The van der Waals surface area contributed by atoms with E-state index in [4.69, 9.17) is 9.47 Å². The van der Waals surface area contributed by atoms with Gasteiger partial charge in [0.25, 0.3) is 0 Å². The molecule has 0 aliphatic carbocycles. The van der Waals surface area contributed by atoms with Crippen molar-refractivity contribution in [3.63, 3.8) is 0 Å². The van der Waals surface area contributed by atoms with Gasteiger partial charge in [-0.25, -0.2) is 0 Å². The number of phenolic OH excluding ortho intramolecular Hbond substituents is 2. The molecular weight excluding hydrogens is 398 g/mol. The molecule has 0 spiro atoms. The van der Waals surface area contributed by atoms with Gasteiger partial charge in [-0.05, 0) is 47.5 Å². The second-order valence-electron chi connectivity index (χ2n) is 6.27. The lowest BCUT2D eigenvalue weighted by atomic mass is 10.1. The van der Waals surface area contributed by atoms with Gasteiger partial charge in [0.15, 0.2) is 23.0 Å². The fraction of sp³-hybridized carbons (Fsp3) is 0.182. The van der Waals surface area contributed by atoms with Gasteiger partial charge < -0.3 is 24.4 Å². The highest BCUT2D eigenvalue weighted by atomic mass is 19.3. The van der Waals surface area contributed by atoms with Crippen molar-refractivity contribution in [2.75, 3.05) is 14.2 Å². The van der Waals surface area contributed by atoms with Crippen LogP contribution in [0.1, 0.15) is 11.1 Å². The van der Waals surface area contributed by atoms with Gasteiger partial charge in [-0.15, -0.1) is 8.78 Å². The minimum Gasteiger partial charge on any atom is -0.504 e. The average Bonchev–Trinajstić information content (AvgIpc) is 2.71. The lowest BCUT2D eigenvalue weighted by molar-refractivity contribution is -0.389. The van der Waals surface area contributed by atoms with Crippen molar-refractivity contribution >= 4 is 12.2 Å². The molecule has 2 N–H and O–H groups in total. The molecule has 0 saturated carbocycles. The van der Waals surface area contributed by atoms with Crippen molar-refractivity contribution in [3.8, 4) is 23.0 Å². The number of rotatable bonds is 6. The second kappa shape index (κ2) is 8.87. The fourth-order valence-electron chi connectivity index (χ4n) is 2.71. The maximum Gasteiger partial charge on any atom is 0.536 e. The van der Waals surface area contributed by atoms with E-state index in [0.717, 1.165) is 0 Å². The molecule has 6 nitrogen and oxygen atoms in total. The Labute approximate surface area is 171 Å². The standard InChI is InChI=1S/C22H20F2O6/c1-27-20-11-14(5-9-18(20)25)3-7-16-13-17(30-22(23,24)29-16)8-4-15-6-10-19(26)21(12-15)28-2/h3-13,16,25-26H,1-2H3/b7-3+,8-4+. The molecular formula is C22H20F2O6. The van der Waals surface area contributed by atoms with Crippen LogP contribution in [-0.4, -0.2) is 36.8 Å². The first kappa shape index (κ1) is 21.2. The summed E-state index contributed by atoms with van der Waals surface area (Å²) in [5, 5.41) is 19.3. The van der Waals surface area contributed by atoms with Crippen molar-refractivity contribution in [2.24, 2.45) is 0 Å². The van der Waals surface area contributed by atoms with E-state index in [1.165, 1.54) is 44.6 Å². The summed E-state index contributed by atoms with van der Waals surface area (Å²) in [5.41, 5.74) is 1.25. The fourth-order valence-corrected chi connectivity index (χ4v) is 2.71. The summed E-state index contributed by atoms with van der Waals surface area (Å²) in [5.74, 6) is 0.380. The third-order valence-electron chi connectivity index (χ3n) is 4.16. The van der Waals surface area contributed by atoms with Crippen LogP contribution in [-0.2, 0) is 9.47 Å². The van der Waals surface area contributed by atoms with E-state index in [-0.39, 0.29) is 28.8 Å². The monoisotopic (exact) mass is 418 g/mol. The van der Waals surface area contributed by atoms with Crippen LogP contribution >= 0.6 is 0 Å². The lowest BCUT2D eigenvalue weighted by Gasteiger charge is -2.26. The van der Waals surface area contributed by atoms with E-state index in [2.05, 4.69) is 9.47 Å². The Kier molecular flexibility index (Phi) is 6.27.